The van der Waals surface area contributed by atoms with E-state index in [1.807, 2.05) is 6.92 Å². The molecule has 24 heavy (non-hydrogen) atoms. The summed E-state index contributed by atoms with van der Waals surface area (Å²) in [7, 11) is 0. The van der Waals surface area contributed by atoms with Crippen molar-refractivity contribution >= 4 is 0 Å². The number of hydrogen-bond donors (Lipinski definition) is 0. The van der Waals surface area contributed by atoms with Gasteiger partial charge in [-0.3, -0.25) is 0 Å². The summed E-state index contributed by atoms with van der Waals surface area (Å²) in [6.07, 6.45) is -0.810. The van der Waals surface area contributed by atoms with Crippen LogP contribution in [0.25, 0.3) is 0 Å². The minimum Gasteiger partial charge on any atom is -0.353 e. The van der Waals surface area contributed by atoms with Gasteiger partial charge >= 0.3 is 6.18 Å². The second-order valence-electron chi connectivity index (χ2n) is 7.23. The van der Waals surface area contributed by atoms with Crippen LogP contribution in [-0.2, 0) is 9.47 Å². The third-order valence-corrected chi connectivity index (χ3v) is 5.59. The number of halogens is 3. The Morgan fingerprint density at radius 1 is 1.29 bits per heavy atom. The molecule has 3 nitrogen and oxygen atoms in total. The number of hydrogen-bond acceptors (Lipinski definition) is 3. The third-order valence-electron chi connectivity index (χ3n) is 5.59. The highest BCUT2D eigenvalue weighted by molar-refractivity contribution is 5.03. The molecule has 0 aromatic rings. The molecule has 0 N–H and O–H groups in total. The molecule has 138 valence electrons. The molecule has 6 heteroatoms. The van der Waals surface area contributed by atoms with E-state index in [1.54, 1.807) is 6.92 Å². The van der Waals surface area contributed by atoms with Crippen molar-refractivity contribution in [3.63, 3.8) is 0 Å². The summed E-state index contributed by atoms with van der Waals surface area (Å²) in [5.74, 6) is -0.997. The Labute approximate surface area is 142 Å². The first kappa shape index (κ1) is 19.5. The summed E-state index contributed by atoms with van der Waals surface area (Å²) in [5.41, 5.74) is -2.12. The lowest BCUT2D eigenvalue weighted by molar-refractivity contribution is -0.343. The van der Waals surface area contributed by atoms with Gasteiger partial charge in [0.15, 0.2) is 11.9 Å². The molecule has 2 fully saturated rings. The zero-order valence-electron chi connectivity index (χ0n) is 14.6. The van der Waals surface area contributed by atoms with E-state index in [2.05, 4.69) is 6.07 Å². The van der Waals surface area contributed by atoms with Crippen molar-refractivity contribution in [2.24, 2.45) is 17.8 Å². The maximum atomic E-state index is 14.1. The highest BCUT2D eigenvalue weighted by Gasteiger charge is 2.64. The van der Waals surface area contributed by atoms with E-state index in [-0.39, 0.29) is 18.3 Å². The molecule has 0 radical (unpaired) electrons. The van der Waals surface area contributed by atoms with E-state index >= 15 is 0 Å². The largest absolute Gasteiger partial charge is 0.417 e. The summed E-state index contributed by atoms with van der Waals surface area (Å²) in [6, 6.07) is 2.15. The maximum Gasteiger partial charge on any atom is 0.417 e. The van der Waals surface area contributed by atoms with Crippen molar-refractivity contribution in [1.29, 1.82) is 5.26 Å². The van der Waals surface area contributed by atoms with Crippen molar-refractivity contribution in [1.82, 2.24) is 0 Å². The summed E-state index contributed by atoms with van der Waals surface area (Å²) >= 11 is 0. The van der Waals surface area contributed by atoms with Crippen molar-refractivity contribution in [3.05, 3.63) is 0 Å². The second kappa shape index (κ2) is 8.05. The lowest BCUT2D eigenvalue weighted by atomic mass is 9.75. The van der Waals surface area contributed by atoms with Gasteiger partial charge in [-0.15, -0.1) is 0 Å². The Balaban J connectivity index is 2.24. The van der Waals surface area contributed by atoms with Gasteiger partial charge in [0.05, 0.1) is 6.07 Å². The zero-order chi connectivity index (χ0) is 17.8. The minimum absolute atomic E-state index is 0.00153. The Bertz CT molecular complexity index is 443. The molecule has 1 aliphatic carbocycles. The molecule has 2 aliphatic rings. The van der Waals surface area contributed by atoms with E-state index < -0.39 is 24.0 Å². The van der Waals surface area contributed by atoms with Crippen molar-refractivity contribution in [2.45, 2.75) is 83.3 Å². The monoisotopic (exact) mass is 347 g/mol. The van der Waals surface area contributed by atoms with Crippen molar-refractivity contribution in [2.75, 3.05) is 6.61 Å². The Kier molecular flexibility index (Phi) is 6.55. The van der Waals surface area contributed by atoms with Gasteiger partial charge in [-0.25, -0.2) is 0 Å². The molecule has 1 aliphatic heterocycles. The molecule has 5 atom stereocenters. The molecule has 0 bridgehead atoms. The fourth-order valence-corrected chi connectivity index (χ4v) is 4.35. The molecule has 0 spiro atoms. The van der Waals surface area contributed by atoms with E-state index in [0.29, 0.717) is 38.7 Å². The molecule has 1 heterocycles. The fraction of sp³-hybridized carbons (Fsp3) is 0.944. The van der Waals surface area contributed by atoms with Crippen LogP contribution >= 0.6 is 0 Å². The molecular weight excluding hydrogens is 319 g/mol. The molecule has 5 unspecified atom stereocenters. The van der Waals surface area contributed by atoms with Gasteiger partial charge in [-0.2, -0.15) is 18.4 Å². The molecule has 1 saturated heterocycles. The molecule has 1 saturated carbocycles. The Hall–Kier alpha value is -0.800. The van der Waals surface area contributed by atoms with Gasteiger partial charge in [0.2, 0.25) is 0 Å². The van der Waals surface area contributed by atoms with E-state index in [4.69, 9.17) is 14.7 Å². The van der Waals surface area contributed by atoms with Crippen molar-refractivity contribution in [3.8, 4) is 6.07 Å². The van der Waals surface area contributed by atoms with Crippen LogP contribution in [0.2, 0.25) is 0 Å². The molecular formula is C18H28F3NO2. The summed E-state index contributed by atoms with van der Waals surface area (Å²) < 4.78 is 53.4. The Morgan fingerprint density at radius 3 is 2.58 bits per heavy atom. The first-order valence-electron chi connectivity index (χ1n) is 9.09. The average molecular weight is 347 g/mol. The van der Waals surface area contributed by atoms with Crippen LogP contribution in [0.1, 0.15) is 65.2 Å². The SMILES string of the molecule is CCC(CC(C)C#N)C1CCCC1(OC1CCCCO1)C(F)(F)F. The Morgan fingerprint density at radius 2 is 2.04 bits per heavy atom. The highest BCUT2D eigenvalue weighted by atomic mass is 19.4. The third kappa shape index (κ3) is 4.05. The minimum atomic E-state index is -4.42. The zero-order valence-corrected chi connectivity index (χ0v) is 14.6. The van der Waals surface area contributed by atoms with Crippen LogP contribution in [-0.4, -0.2) is 24.7 Å². The highest BCUT2D eigenvalue weighted by Crippen LogP contribution is 2.54. The van der Waals surface area contributed by atoms with Crippen LogP contribution in [0, 0.1) is 29.1 Å². The predicted octanol–water partition coefficient (Wildman–Crippen LogP) is 5.21. The van der Waals surface area contributed by atoms with Crippen LogP contribution in [0.4, 0.5) is 13.2 Å². The standard InChI is InChI=1S/C18H28F3NO2/c1-3-14(11-13(2)12-22)15-7-6-9-17(15,18(19,20)21)24-16-8-4-5-10-23-16/h13-16H,3-11H2,1-2H3. The first-order chi connectivity index (χ1) is 11.3. The quantitative estimate of drug-likeness (QED) is 0.662. The summed E-state index contributed by atoms with van der Waals surface area (Å²) in [4.78, 5) is 0. The maximum absolute atomic E-state index is 14.1. The van der Waals surface area contributed by atoms with Gasteiger partial charge in [0.25, 0.3) is 0 Å². The molecule has 0 aromatic heterocycles. The van der Waals surface area contributed by atoms with Crippen LogP contribution < -0.4 is 0 Å². The van der Waals surface area contributed by atoms with E-state index in [1.165, 1.54) is 0 Å². The summed E-state index contributed by atoms with van der Waals surface area (Å²) in [6.45, 7) is 4.15. The lowest BCUT2D eigenvalue weighted by Crippen LogP contribution is -2.55. The topological polar surface area (TPSA) is 42.2 Å². The lowest BCUT2D eigenvalue weighted by Gasteiger charge is -2.43. The second-order valence-corrected chi connectivity index (χ2v) is 7.23. The van der Waals surface area contributed by atoms with Crippen LogP contribution in [0.15, 0.2) is 0 Å². The van der Waals surface area contributed by atoms with E-state index in [9.17, 15) is 13.2 Å². The number of nitriles is 1. The normalized spacial score (nSPS) is 33.8. The molecule has 0 aromatic carbocycles. The van der Waals surface area contributed by atoms with E-state index in [0.717, 1.165) is 12.8 Å². The molecule has 0 amide bonds. The smallest absolute Gasteiger partial charge is 0.353 e. The van der Waals surface area contributed by atoms with Crippen LogP contribution in [0.3, 0.4) is 0 Å². The molecule has 2 rings (SSSR count). The van der Waals surface area contributed by atoms with Crippen LogP contribution in [0.5, 0.6) is 0 Å². The van der Waals surface area contributed by atoms with Gasteiger partial charge in [-0.1, -0.05) is 13.3 Å². The number of rotatable bonds is 6. The van der Waals surface area contributed by atoms with Gasteiger partial charge in [-0.05, 0) is 63.7 Å². The number of alkyl halides is 3. The van der Waals surface area contributed by atoms with Gasteiger partial charge in [0, 0.05) is 12.5 Å². The predicted molar refractivity (Wildman–Crippen MR) is 84.0 cm³/mol. The summed E-state index contributed by atoms with van der Waals surface area (Å²) in [5, 5.41) is 9.05. The first-order valence-corrected chi connectivity index (χ1v) is 9.09. The fourth-order valence-electron chi connectivity index (χ4n) is 4.35. The van der Waals surface area contributed by atoms with Gasteiger partial charge in [0.1, 0.15) is 0 Å². The average Bonchev–Trinajstić information content (AvgIpc) is 2.98. The van der Waals surface area contributed by atoms with Crippen molar-refractivity contribution < 1.29 is 22.6 Å². The number of ether oxygens (including phenoxy) is 2. The number of nitrogens with zero attached hydrogens (tertiary/aromatic N) is 1. The van der Waals surface area contributed by atoms with Gasteiger partial charge < -0.3 is 9.47 Å².